The largest absolute Gasteiger partial charge is 0.294 e. The Morgan fingerprint density at radius 1 is 1.29 bits per heavy atom. The van der Waals surface area contributed by atoms with Crippen molar-refractivity contribution in [2.24, 2.45) is 0 Å². The van der Waals surface area contributed by atoms with E-state index in [1.165, 1.54) is 18.3 Å². The lowest BCUT2D eigenvalue weighted by molar-refractivity contribution is 0.0992. The third-order valence-electron chi connectivity index (χ3n) is 2.30. The van der Waals surface area contributed by atoms with E-state index in [-0.39, 0.29) is 18.0 Å². The summed E-state index contributed by atoms with van der Waals surface area (Å²) in [6, 6.07) is 9.15. The van der Waals surface area contributed by atoms with E-state index in [0.29, 0.717) is 16.3 Å². The van der Waals surface area contributed by atoms with Gasteiger partial charge in [-0.15, -0.1) is 0 Å². The molecule has 0 amide bonds. The summed E-state index contributed by atoms with van der Waals surface area (Å²) in [6.45, 7) is 0. The fourth-order valence-corrected chi connectivity index (χ4v) is 1.59. The highest BCUT2D eigenvalue weighted by Crippen LogP contribution is 2.10. The number of benzene rings is 1. The summed E-state index contributed by atoms with van der Waals surface area (Å²) >= 11 is 5.63. The molecule has 0 radical (unpaired) electrons. The zero-order valence-corrected chi connectivity index (χ0v) is 9.62. The van der Waals surface area contributed by atoms with Crippen molar-refractivity contribution < 1.29 is 9.18 Å². The molecule has 0 saturated heterocycles. The van der Waals surface area contributed by atoms with Gasteiger partial charge in [-0.3, -0.25) is 4.79 Å². The molecule has 0 fully saturated rings. The number of pyridine rings is 1. The Balaban J connectivity index is 2.14. The van der Waals surface area contributed by atoms with Gasteiger partial charge in [0.05, 0.1) is 0 Å². The average Bonchev–Trinajstić information content (AvgIpc) is 2.29. The summed E-state index contributed by atoms with van der Waals surface area (Å²) in [5.74, 6) is -0.454. The number of hydrogen-bond acceptors (Lipinski definition) is 2. The Bertz CT molecular complexity index is 539. The highest BCUT2D eigenvalue weighted by Gasteiger charge is 2.07. The normalized spacial score (nSPS) is 10.2. The van der Waals surface area contributed by atoms with Crippen LogP contribution in [0.15, 0.2) is 42.6 Å². The summed E-state index contributed by atoms with van der Waals surface area (Å²) in [4.78, 5) is 15.7. The van der Waals surface area contributed by atoms with E-state index in [9.17, 15) is 9.18 Å². The number of nitrogens with zero attached hydrogens (tertiary/aromatic N) is 1. The molecule has 2 nitrogen and oxygen atoms in total. The van der Waals surface area contributed by atoms with Crippen molar-refractivity contribution in [1.82, 2.24) is 4.98 Å². The molecule has 86 valence electrons. The standard InChI is InChI=1S/C13H9ClFNO/c14-13-5-4-10(8-16-13)12(17)7-9-2-1-3-11(15)6-9/h1-6,8H,7H2. The van der Waals surface area contributed by atoms with Gasteiger partial charge < -0.3 is 0 Å². The van der Waals surface area contributed by atoms with Crippen molar-refractivity contribution in [1.29, 1.82) is 0 Å². The van der Waals surface area contributed by atoms with Crippen LogP contribution in [0.1, 0.15) is 15.9 Å². The predicted molar refractivity (Wildman–Crippen MR) is 63.7 cm³/mol. The smallest absolute Gasteiger partial charge is 0.168 e. The van der Waals surface area contributed by atoms with Crippen LogP contribution >= 0.6 is 11.6 Å². The monoisotopic (exact) mass is 249 g/mol. The van der Waals surface area contributed by atoms with E-state index in [2.05, 4.69) is 4.98 Å². The fourth-order valence-electron chi connectivity index (χ4n) is 1.48. The summed E-state index contributed by atoms with van der Waals surface area (Å²) in [7, 11) is 0. The van der Waals surface area contributed by atoms with Gasteiger partial charge in [0.2, 0.25) is 0 Å². The molecule has 0 atom stereocenters. The van der Waals surface area contributed by atoms with Gasteiger partial charge in [0.25, 0.3) is 0 Å². The number of carbonyl (C=O) groups excluding carboxylic acids is 1. The zero-order valence-electron chi connectivity index (χ0n) is 8.86. The molecule has 0 saturated carbocycles. The second-order valence-electron chi connectivity index (χ2n) is 3.60. The Hall–Kier alpha value is -1.74. The molecule has 0 aliphatic heterocycles. The van der Waals surface area contributed by atoms with Crippen LogP contribution in [-0.2, 0) is 6.42 Å². The molecular formula is C13H9ClFNO. The molecule has 17 heavy (non-hydrogen) atoms. The first-order valence-electron chi connectivity index (χ1n) is 5.04. The third kappa shape index (κ3) is 3.11. The molecule has 0 aliphatic carbocycles. The number of aromatic nitrogens is 1. The molecule has 1 aromatic carbocycles. The topological polar surface area (TPSA) is 30.0 Å². The lowest BCUT2D eigenvalue weighted by Gasteiger charge is -2.01. The summed E-state index contributed by atoms with van der Waals surface area (Å²) in [5, 5.41) is 0.340. The number of halogens is 2. The minimum atomic E-state index is -0.343. The van der Waals surface area contributed by atoms with Crippen LogP contribution in [0.5, 0.6) is 0 Å². The summed E-state index contributed by atoms with van der Waals surface area (Å²) in [6.07, 6.45) is 1.57. The lowest BCUT2D eigenvalue weighted by atomic mass is 10.0. The lowest BCUT2D eigenvalue weighted by Crippen LogP contribution is -2.04. The Morgan fingerprint density at radius 3 is 2.76 bits per heavy atom. The third-order valence-corrected chi connectivity index (χ3v) is 2.53. The first-order chi connectivity index (χ1) is 8.15. The fraction of sp³-hybridized carbons (Fsp3) is 0.0769. The number of hydrogen-bond donors (Lipinski definition) is 0. The summed E-state index contributed by atoms with van der Waals surface area (Å²) < 4.78 is 12.9. The first kappa shape index (κ1) is 11.7. The van der Waals surface area contributed by atoms with Crippen LogP contribution in [0.2, 0.25) is 5.15 Å². The SMILES string of the molecule is O=C(Cc1cccc(F)c1)c1ccc(Cl)nc1. The van der Waals surface area contributed by atoms with E-state index >= 15 is 0 Å². The molecule has 0 bridgehead atoms. The second kappa shape index (κ2) is 5.06. The second-order valence-corrected chi connectivity index (χ2v) is 3.99. The van der Waals surface area contributed by atoms with Crippen molar-refractivity contribution in [2.45, 2.75) is 6.42 Å². The first-order valence-corrected chi connectivity index (χ1v) is 5.42. The molecule has 0 spiro atoms. The molecule has 1 heterocycles. The molecule has 4 heteroatoms. The van der Waals surface area contributed by atoms with Crippen LogP contribution in [0, 0.1) is 5.82 Å². The maximum absolute atomic E-state index is 12.9. The van der Waals surface area contributed by atoms with Gasteiger partial charge in [0.15, 0.2) is 5.78 Å². The quantitative estimate of drug-likeness (QED) is 0.617. The minimum absolute atomic E-state index is 0.111. The van der Waals surface area contributed by atoms with E-state index in [0.717, 1.165) is 0 Å². The van der Waals surface area contributed by atoms with Crippen molar-refractivity contribution in [3.05, 3.63) is 64.7 Å². The number of rotatable bonds is 3. The Morgan fingerprint density at radius 2 is 2.12 bits per heavy atom. The molecule has 0 N–H and O–H groups in total. The van der Waals surface area contributed by atoms with Crippen LogP contribution < -0.4 is 0 Å². The minimum Gasteiger partial charge on any atom is -0.294 e. The number of carbonyl (C=O) groups is 1. The number of ketones is 1. The molecular weight excluding hydrogens is 241 g/mol. The van der Waals surface area contributed by atoms with Gasteiger partial charge in [-0.25, -0.2) is 9.37 Å². The van der Waals surface area contributed by atoms with E-state index in [1.807, 2.05) is 0 Å². The van der Waals surface area contributed by atoms with Gasteiger partial charge in [0, 0.05) is 18.2 Å². The zero-order chi connectivity index (χ0) is 12.3. The van der Waals surface area contributed by atoms with E-state index < -0.39 is 0 Å². The Labute approximate surface area is 103 Å². The molecule has 0 unspecified atom stereocenters. The highest BCUT2D eigenvalue weighted by atomic mass is 35.5. The summed E-state index contributed by atoms with van der Waals surface area (Å²) in [5.41, 5.74) is 1.11. The van der Waals surface area contributed by atoms with Crippen LogP contribution in [0.25, 0.3) is 0 Å². The molecule has 0 aliphatic rings. The van der Waals surface area contributed by atoms with E-state index in [1.54, 1.807) is 24.3 Å². The number of Topliss-reactive ketones (excluding diaryl/α,β-unsaturated/α-hetero) is 1. The van der Waals surface area contributed by atoms with Gasteiger partial charge in [-0.1, -0.05) is 23.7 Å². The van der Waals surface area contributed by atoms with Crippen molar-refractivity contribution >= 4 is 17.4 Å². The van der Waals surface area contributed by atoms with Crippen molar-refractivity contribution in [3.63, 3.8) is 0 Å². The maximum atomic E-state index is 12.9. The van der Waals surface area contributed by atoms with Gasteiger partial charge in [-0.05, 0) is 29.8 Å². The van der Waals surface area contributed by atoms with Crippen LogP contribution in [0.4, 0.5) is 4.39 Å². The Kier molecular flexibility index (Phi) is 3.49. The van der Waals surface area contributed by atoms with Gasteiger partial charge in [0.1, 0.15) is 11.0 Å². The van der Waals surface area contributed by atoms with Crippen molar-refractivity contribution in [3.8, 4) is 0 Å². The van der Waals surface area contributed by atoms with Crippen molar-refractivity contribution in [2.75, 3.05) is 0 Å². The van der Waals surface area contributed by atoms with Gasteiger partial charge in [-0.2, -0.15) is 0 Å². The molecule has 2 rings (SSSR count). The predicted octanol–water partition coefficient (Wildman–Crippen LogP) is 3.30. The molecule has 2 aromatic rings. The molecule has 1 aromatic heterocycles. The highest BCUT2D eigenvalue weighted by molar-refractivity contribution is 6.29. The van der Waals surface area contributed by atoms with Crippen LogP contribution in [0.3, 0.4) is 0 Å². The van der Waals surface area contributed by atoms with Gasteiger partial charge >= 0.3 is 0 Å². The average molecular weight is 250 g/mol. The van der Waals surface area contributed by atoms with E-state index in [4.69, 9.17) is 11.6 Å². The maximum Gasteiger partial charge on any atom is 0.168 e. The van der Waals surface area contributed by atoms with Crippen LogP contribution in [-0.4, -0.2) is 10.8 Å².